The van der Waals surface area contributed by atoms with Gasteiger partial charge in [0.05, 0.1) is 0 Å². The first kappa shape index (κ1) is 6.34. The number of hydrogen-bond donors (Lipinski definition) is 0. The second-order valence-electron chi connectivity index (χ2n) is 2.51. The Morgan fingerprint density at radius 2 is 2.00 bits per heavy atom. The van der Waals surface area contributed by atoms with E-state index in [9.17, 15) is 0 Å². The molecule has 0 bridgehead atoms. The van der Waals surface area contributed by atoms with Gasteiger partial charge in [0.1, 0.15) is 0 Å². The Bertz CT molecular complexity index is 161. The first-order chi connectivity index (χ1) is 4.29. The fraction of sp³-hybridized carbons (Fsp3) is 0.333. The van der Waals surface area contributed by atoms with Gasteiger partial charge in [-0.1, -0.05) is 36.5 Å². The highest BCUT2D eigenvalue weighted by Gasteiger charge is 1.97. The third kappa shape index (κ3) is 1.88. The minimum Gasteiger partial charge on any atom is -0.0995 e. The van der Waals surface area contributed by atoms with Crippen LogP contribution < -0.4 is 0 Å². The molecular formula is C9H12. The zero-order valence-corrected chi connectivity index (χ0v) is 5.69. The van der Waals surface area contributed by atoms with Gasteiger partial charge in [0, 0.05) is 0 Å². The molecule has 0 fully saturated rings. The molecule has 0 nitrogen and oxygen atoms in total. The normalized spacial score (nSPS) is 20.0. The lowest BCUT2D eigenvalue weighted by molar-refractivity contribution is 0.943. The Kier molecular flexibility index (Phi) is 1.88. The maximum Gasteiger partial charge on any atom is -0.0138 e. The van der Waals surface area contributed by atoms with Gasteiger partial charge in [-0.05, 0) is 19.3 Å². The van der Waals surface area contributed by atoms with Crippen LogP contribution in [0.5, 0.6) is 0 Å². The smallest absolute Gasteiger partial charge is 0.0138 e. The average Bonchev–Trinajstić information content (AvgIpc) is 1.97. The van der Waals surface area contributed by atoms with Crippen LogP contribution in [0.1, 0.15) is 19.3 Å². The Hall–Kier alpha value is -0.780. The molecule has 0 unspecified atom stereocenters. The van der Waals surface area contributed by atoms with E-state index in [2.05, 4.69) is 25.3 Å². The van der Waals surface area contributed by atoms with Crippen molar-refractivity contribution in [3.05, 3.63) is 36.5 Å². The van der Waals surface area contributed by atoms with Crippen LogP contribution in [0.4, 0.5) is 0 Å². The Labute approximate surface area is 56.6 Å². The van der Waals surface area contributed by atoms with Crippen molar-refractivity contribution >= 4 is 0 Å². The van der Waals surface area contributed by atoms with Crippen LogP contribution in [0, 0.1) is 0 Å². The van der Waals surface area contributed by atoms with Gasteiger partial charge in [0.2, 0.25) is 0 Å². The van der Waals surface area contributed by atoms with Gasteiger partial charge in [0.25, 0.3) is 0 Å². The first-order valence-electron chi connectivity index (χ1n) is 3.30. The van der Waals surface area contributed by atoms with E-state index in [1.165, 1.54) is 11.1 Å². The third-order valence-electron chi connectivity index (χ3n) is 1.56. The van der Waals surface area contributed by atoms with Gasteiger partial charge in [0.15, 0.2) is 0 Å². The topological polar surface area (TPSA) is 0 Å². The highest BCUT2D eigenvalue weighted by atomic mass is 14.0. The summed E-state index contributed by atoms with van der Waals surface area (Å²) in [5.41, 5.74) is 2.55. The molecule has 9 heavy (non-hydrogen) atoms. The molecular weight excluding hydrogens is 108 g/mol. The van der Waals surface area contributed by atoms with Crippen LogP contribution in [0.2, 0.25) is 0 Å². The molecule has 0 saturated carbocycles. The van der Waals surface area contributed by atoms with Crippen molar-refractivity contribution in [2.24, 2.45) is 0 Å². The quantitative estimate of drug-likeness (QED) is 0.431. The SMILES string of the molecule is C=C1C=CCC(=C)CC1. The van der Waals surface area contributed by atoms with E-state index >= 15 is 0 Å². The van der Waals surface area contributed by atoms with Crippen molar-refractivity contribution in [2.75, 3.05) is 0 Å². The van der Waals surface area contributed by atoms with Gasteiger partial charge in [-0.15, -0.1) is 0 Å². The summed E-state index contributed by atoms with van der Waals surface area (Å²) >= 11 is 0. The fourth-order valence-electron chi connectivity index (χ4n) is 0.915. The molecule has 0 aromatic heterocycles. The maximum absolute atomic E-state index is 3.92. The lowest BCUT2D eigenvalue weighted by atomic mass is 10.1. The largest absolute Gasteiger partial charge is 0.0995 e. The zero-order valence-electron chi connectivity index (χ0n) is 5.69. The molecule has 0 atom stereocenters. The van der Waals surface area contributed by atoms with Crippen LogP contribution in [-0.2, 0) is 0 Å². The van der Waals surface area contributed by atoms with Gasteiger partial charge in [-0.3, -0.25) is 0 Å². The van der Waals surface area contributed by atoms with Gasteiger partial charge >= 0.3 is 0 Å². The van der Waals surface area contributed by atoms with Crippen LogP contribution >= 0.6 is 0 Å². The van der Waals surface area contributed by atoms with Crippen LogP contribution in [-0.4, -0.2) is 0 Å². The lowest BCUT2D eigenvalue weighted by Crippen LogP contribution is -1.76. The Morgan fingerprint density at radius 1 is 1.22 bits per heavy atom. The second-order valence-corrected chi connectivity index (χ2v) is 2.51. The van der Waals surface area contributed by atoms with Gasteiger partial charge < -0.3 is 0 Å². The molecule has 48 valence electrons. The van der Waals surface area contributed by atoms with Crippen LogP contribution in [0.25, 0.3) is 0 Å². The molecule has 1 aliphatic carbocycles. The van der Waals surface area contributed by atoms with E-state index in [4.69, 9.17) is 0 Å². The van der Waals surface area contributed by atoms with Crippen molar-refractivity contribution in [3.63, 3.8) is 0 Å². The van der Waals surface area contributed by atoms with Crippen LogP contribution in [0.3, 0.4) is 0 Å². The van der Waals surface area contributed by atoms with E-state index < -0.39 is 0 Å². The summed E-state index contributed by atoms with van der Waals surface area (Å²) in [5.74, 6) is 0. The summed E-state index contributed by atoms with van der Waals surface area (Å²) in [4.78, 5) is 0. The number of hydrogen-bond acceptors (Lipinski definition) is 0. The number of rotatable bonds is 0. The van der Waals surface area contributed by atoms with Gasteiger partial charge in [-0.25, -0.2) is 0 Å². The Balaban J connectivity index is 2.58. The standard InChI is InChI=1S/C9H12/c1-8-4-3-5-9(2)7-6-8/h3-4H,1-2,5-7H2. The summed E-state index contributed by atoms with van der Waals surface area (Å²) < 4.78 is 0. The van der Waals surface area contributed by atoms with Crippen molar-refractivity contribution in [3.8, 4) is 0 Å². The average molecular weight is 120 g/mol. The highest BCUT2D eigenvalue weighted by Crippen LogP contribution is 2.17. The summed E-state index contributed by atoms with van der Waals surface area (Å²) in [7, 11) is 0. The van der Waals surface area contributed by atoms with Crippen molar-refractivity contribution < 1.29 is 0 Å². The molecule has 0 aromatic carbocycles. The van der Waals surface area contributed by atoms with E-state index in [0.29, 0.717) is 0 Å². The van der Waals surface area contributed by atoms with E-state index in [1.54, 1.807) is 0 Å². The molecule has 0 aliphatic heterocycles. The molecule has 0 radical (unpaired) electrons. The zero-order chi connectivity index (χ0) is 6.69. The molecule has 0 heterocycles. The second kappa shape index (κ2) is 2.67. The Morgan fingerprint density at radius 3 is 2.78 bits per heavy atom. The van der Waals surface area contributed by atoms with Crippen molar-refractivity contribution in [1.29, 1.82) is 0 Å². The fourth-order valence-corrected chi connectivity index (χ4v) is 0.915. The van der Waals surface area contributed by atoms with E-state index in [-0.39, 0.29) is 0 Å². The van der Waals surface area contributed by atoms with Crippen molar-refractivity contribution in [1.82, 2.24) is 0 Å². The molecule has 0 heteroatoms. The van der Waals surface area contributed by atoms with Gasteiger partial charge in [-0.2, -0.15) is 0 Å². The highest BCUT2D eigenvalue weighted by molar-refractivity contribution is 5.21. The molecule has 0 amide bonds. The molecule has 0 saturated heterocycles. The summed E-state index contributed by atoms with van der Waals surface area (Å²) in [6, 6.07) is 0. The minimum absolute atomic E-state index is 1.04. The summed E-state index contributed by atoms with van der Waals surface area (Å²) in [6.07, 6.45) is 7.48. The molecule has 1 aliphatic rings. The molecule has 0 aromatic rings. The van der Waals surface area contributed by atoms with E-state index in [1.807, 2.05) is 0 Å². The lowest BCUT2D eigenvalue weighted by Gasteiger charge is -1.95. The third-order valence-corrected chi connectivity index (χ3v) is 1.56. The van der Waals surface area contributed by atoms with Crippen molar-refractivity contribution in [2.45, 2.75) is 19.3 Å². The summed E-state index contributed by atoms with van der Waals surface area (Å²) in [5, 5.41) is 0. The molecule has 0 spiro atoms. The maximum atomic E-state index is 3.92. The van der Waals surface area contributed by atoms with E-state index in [0.717, 1.165) is 19.3 Å². The predicted molar refractivity (Wildman–Crippen MR) is 41.3 cm³/mol. The monoisotopic (exact) mass is 120 g/mol. The molecule has 1 rings (SSSR count). The first-order valence-corrected chi connectivity index (χ1v) is 3.30. The van der Waals surface area contributed by atoms with Crippen LogP contribution in [0.15, 0.2) is 36.5 Å². The summed E-state index contributed by atoms with van der Waals surface area (Å²) in [6.45, 7) is 7.80. The predicted octanol–water partition coefficient (Wildman–Crippen LogP) is 2.84. The number of allylic oxidation sites excluding steroid dienone is 4. The minimum atomic E-state index is 1.04. The molecule has 0 N–H and O–H groups in total.